The summed E-state index contributed by atoms with van der Waals surface area (Å²) in [5.41, 5.74) is 1.66. The molecule has 0 aromatic heterocycles. The van der Waals surface area contributed by atoms with Crippen LogP contribution in [0.15, 0.2) is 23.8 Å². The molecular formula is C16H24O. The Morgan fingerprint density at radius 1 is 1.35 bits per heavy atom. The Hall–Kier alpha value is -0.560. The van der Waals surface area contributed by atoms with Gasteiger partial charge < -0.3 is 5.11 Å². The standard InChI is InChI=1S/C16H24O/c1-11-8-9-12-5-4-10-16(12,2)15(17)14-7-3-6-13(11)14/h3,6,8,12-15,17H,4-5,7,9-10H2,1-2H3/b11-8-/t12-,13+,14+,15+,16-/m0/s1. The highest BCUT2D eigenvalue weighted by molar-refractivity contribution is 5.22. The monoisotopic (exact) mass is 232 g/mol. The van der Waals surface area contributed by atoms with Crippen LogP contribution in [0, 0.1) is 23.2 Å². The van der Waals surface area contributed by atoms with Crippen LogP contribution in [0.4, 0.5) is 0 Å². The summed E-state index contributed by atoms with van der Waals surface area (Å²) in [6, 6.07) is 0. The van der Waals surface area contributed by atoms with Crippen molar-refractivity contribution in [1.29, 1.82) is 0 Å². The SMILES string of the molecule is C/C1=C/C[C@@H]2CCC[C@]2(C)[C@H](O)[C@@H]2CC=C[C@H]12. The molecule has 0 radical (unpaired) electrons. The fourth-order valence-electron chi connectivity index (χ4n) is 4.48. The van der Waals surface area contributed by atoms with Gasteiger partial charge in [-0.2, -0.15) is 0 Å². The number of rotatable bonds is 0. The van der Waals surface area contributed by atoms with Gasteiger partial charge >= 0.3 is 0 Å². The Morgan fingerprint density at radius 2 is 2.18 bits per heavy atom. The minimum Gasteiger partial charge on any atom is -0.392 e. The molecule has 0 spiro atoms. The molecule has 0 saturated heterocycles. The smallest absolute Gasteiger partial charge is 0.0636 e. The Balaban J connectivity index is 1.98. The highest BCUT2D eigenvalue weighted by Gasteiger charge is 2.49. The fraction of sp³-hybridized carbons (Fsp3) is 0.750. The van der Waals surface area contributed by atoms with E-state index in [2.05, 4.69) is 32.1 Å². The van der Waals surface area contributed by atoms with Crippen molar-refractivity contribution < 1.29 is 5.11 Å². The second kappa shape index (κ2) is 3.98. The zero-order chi connectivity index (χ0) is 12.0. The van der Waals surface area contributed by atoms with Gasteiger partial charge in [0, 0.05) is 5.92 Å². The molecule has 3 aliphatic carbocycles. The molecule has 0 bridgehead atoms. The highest BCUT2D eigenvalue weighted by Crippen LogP contribution is 2.53. The first-order chi connectivity index (χ1) is 8.13. The topological polar surface area (TPSA) is 20.2 Å². The van der Waals surface area contributed by atoms with Crippen LogP contribution in [0.5, 0.6) is 0 Å². The molecule has 17 heavy (non-hydrogen) atoms. The summed E-state index contributed by atoms with van der Waals surface area (Å²) in [4.78, 5) is 0. The summed E-state index contributed by atoms with van der Waals surface area (Å²) in [5, 5.41) is 10.9. The number of hydrogen-bond acceptors (Lipinski definition) is 1. The summed E-state index contributed by atoms with van der Waals surface area (Å²) in [7, 11) is 0. The first kappa shape index (κ1) is 11.5. The first-order valence-electron chi connectivity index (χ1n) is 7.14. The molecule has 1 heteroatoms. The maximum atomic E-state index is 10.9. The van der Waals surface area contributed by atoms with Gasteiger partial charge in [0.25, 0.3) is 0 Å². The van der Waals surface area contributed by atoms with E-state index < -0.39 is 0 Å². The normalized spacial score (nSPS) is 52.3. The maximum Gasteiger partial charge on any atom is 0.0636 e. The lowest BCUT2D eigenvalue weighted by Gasteiger charge is -2.43. The molecule has 3 rings (SSSR count). The zero-order valence-corrected chi connectivity index (χ0v) is 11.0. The lowest BCUT2D eigenvalue weighted by Crippen LogP contribution is -2.43. The van der Waals surface area contributed by atoms with Gasteiger partial charge in [-0.25, -0.2) is 0 Å². The molecule has 94 valence electrons. The van der Waals surface area contributed by atoms with Crippen molar-refractivity contribution in [3.8, 4) is 0 Å². The Bertz CT molecular complexity index is 368. The molecule has 0 unspecified atom stereocenters. The minimum atomic E-state index is -0.112. The number of aliphatic hydroxyl groups is 1. The van der Waals surface area contributed by atoms with E-state index in [0.29, 0.717) is 17.8 Å². The number of allylic oxidation sites excluding steroid dienone is 4. The number of fused-ring (bicyclic) bond motifs is 2. The van der Waals surface area contributed by atoms with E-state index in [9.17, 15) is 5.11 Å². The lowest BCUT2D eigenvalue weighted by atomic mass is 9.65. The van der Waals surface area contributed by atoms with E-state index in [1.54, 1.807) is 0 Å². The third-order valence-electron chi connectivity index (χ3n) is 5.74. The molecule has 1 N–H and O–H groups in total. The summed E-state index contributed by atoms with van der Waals surface area (Å²) < 4.78 is 0. The van der Waals surface area contributed by atoms with Crippen LogP contribution >= 0.6 is 0 Å². The van der Waals surface area contributed by atoms with Crippen LogP contribution < -0.4 is 0 Å². The quantitative estimate of drug-likeness (QED) is 0.631. The molecule has 1 fully saturated rings. The molecule has 0 aromatic rings. The Morgan fingerprint density at radius 3 is 3.00 bits per heavy atom. The molecule has 0 heterocycles. The second-order valence-corrected chi connectivity index (χ2v) is 6.58. The molecule has 3 aliphatic rings. The van der Waals surface area contributed by atoms with Gasteiger partial charge in [0.1, 0.15) is 0 Å². The second-order valence-electron chi connectivity index (χ2n) is 6.58. The van der Waals surface area contributed by atoms with Crippen molar-refractivity contribution >= 4 is 0 Å². The van der Waals surface area contributed by atoms with Crippen molar-refractivity contribution in [2.45, 2.75) is 52.1 Å². The van der Waals surface area contributed by atoms with E-state index >= 15 is 0 Å². The van der Waals surface area contributed by atoms with Crippen molar-refractivity contribution in [2.24, 2.45) is 23.2 Å². The highest BCUT2D eigenvalue weighted by atomic mass is 16.3. The van der Waals surface area contributed by atoms with Crippen LogP contribution in [0.3, 0.4) is 0 Å². The van der Waals surface area contributed by atoms with E-state index in [1.165, 1.54) is 31.3 Å². The van der Waals surface area contributed by atoms with Gasteiger partial charge in [0.2, 0.25) is 0 Å². The Labute approximate surface area is 105 Å². The molecule has 0 amide bonds. The fourth-order valence-corrected chi connectivity index (χ4v) is 4.48. The third kappa shape index (κ3) is 1.62. The number of hydrogen-bond donors (Lipinski definition) is 1. The van der Waals surface area contributed by atoms with Gasteiger partial charge in [-0.15, -0.1) is 0 Å². The first-order valence-corrected chi connectivity index (χ1v) is 7.14. The zero-order valence-electron chi connectivity index (χ0n) is 11.0. The van der Waals surface area contributed by atoms with Crippen LogP contribution in [0.25, 0.3) is 0 Å². The van der Waals surface area contributed by atoms with Crippen molar-refractivity contribution in [2.75, 3.05) is 0 Å². The predicted molar refractivity (Wildman–Crippen MR) is 70.6 cm³/mol. The minimum absolute atomic E-state index is 0.112. The van der Waals surface area contributed by atoms with Gasteiger partial charge in [-0.05, 0) is 49.9 Å². The van der Waals surface area contributed by atoms with Gasteiger partial charge in [0.15, 0.2) is 0 Å². The molecule has 0 aliphatic heterocycles. The summed E-state index contributed by atoms with van der Waals surface area (Å²) >= 11 is 0. The van der Waals surface area contributed by atoms with E-state index in [-0.39, 0.29) is 11.5 Å². The molecular weight excluding hydrogens is 208 g/mol. The molecule has 1 nitrogen and oxygen atoms in total. The Kier molecular flexibility index (Phi) is 2.70. The molecule has 1 saturated carbocycles. The average molecular weight is 232 g/mol. The summed E-state index contributed by atoms with van der Waals surface area (Å²) in [5.74, 6) is 1.65. The lowest BCUT2D eigenvalue weighted by molar-refractivity contribution is -0.0391. The summed E-state index contributed by atoms with van der Waals surface area (Å²) in [6.07, 6.45) is 13.0. The van der Waals surface area contributed by atoms with Crippen molar-refractivity contribution in [1.82, 2.24) is 0 Å². The van der Waals surface area contributed by atoms with Crippen molar-refractivity contribution in [3.63, 3.8) is 0 Å². The van der Waals surface area contributed by atoms with Crippen LogP contribution in [0.1, 0.15) is 46.0 Å². The van der Waals surface area contributed by atoms with Gasteiger partial charge in [-0.1, -0.05) is 37.1 Å². The summed E-state index contributed by atoms with van der Waals surface area (Å²) in [6.45, 7) is 4.58. The third-order valence-corrected chi connectivity index (χ3v) is 5.74. The maximum absolute atomic E-state index is 10.9. The van der Waals surface area contributed by atoms with E-state index in [1.807, 2.05) is 0 Å². The van der Waals surface area contributed by atoms with Crippen LogP contribution in [-0.2, 0) is 0 Å². The van der Waals surface area contributed by atoms with E-state index in [0.717, 1.165) is 6.42 Å². The van der Waals surface area contributed by atoms with E-state index in [4.69, 9.17) is 0 Å². The van der Waals surface area contributed by atoms with Crippen molar-refractivity contribution in [3.05, 3.63) is 23.8 Å². The predicted octanol–water partition coefficient (Wildman–Crippen LogP) is 3.70. The molecule has 5 atom stereocenters. The van der Waals surface area contributed by atoms with Gasteiger partial charge in [-0.3, -0.25) is 0 Å². The number of aliphatic hydroxyl groups excluding tert-OH is 1. The van der Waals surface area contributed by atoms with Crippen LogP contribution in [-0.4, -0.2) is 11.2 Å². The van der Waals surface area contributed by atoms with Gasteiger partial charge in [0.05, 0.1) is 6.10 Å². The average Bonchev–Trinajstić information content (AvgIpc) is 2.91. The largest absolute Gasteiger partial charge is 0.392 e. The van der Waals surface area contributed by atoms with Crippen LogP contribution in [0.2, 0.25) is 0 Å². The molecule has 0 aromatic carbocycles.